The van der Waals surface area contributed by atoms with Gasteiger partial charge in [0.1, 0.15) is 0 Å². The van der Waals surface area contributed by atoms with Crippen LogP contribution in [0, 0.1) is 17.8 Å². The van der Waals surface area contributed by atoms with Crippen LogP contribution in [0.4, 0.5) is 0 Å². The molecule has 0 aromatic carbocycles. The Hall–Kier alpha value is -1.17. The fourth-order valence-corrected chi connectivity index (χ4v) is 4.39. The van der Waals surface area contributed by atoms with Gasteiger partial charge in [0.2, 0.25) is 0 Å². The third-order valence-electron chi connectivity index (χ3n) is 5.93. The van der Waals surface area contributed by atoms with Crippen molar-refractivity contribution in [3.8, 4) is 0 Å². The van der Waals surface area contributed by atoms with Crippen molar-refractivity contribution in [3.63, 3.8) is 0 Å². The lowest BCUT2D eigenvalue weighted by Gasteiger charge is -2.21. The van der Waals surface area contributed by atoms with Gasteiger partial charge >= 0.3 is 5.97 Å². The molecule has 5 heteroatoms. The smallest absolute Gasteiger partial charge is 0.303 e. The van der Waals surface area contributed by atoms with E-state index in [1.54, 1.807) is 0 Å². The van der Waals surface area contributed by atoms with Crippen LogP contribution in [0.3, 0.4) is 0 Å². The number of fused-ring (bicyclic) bond motifs is 1. The molecule has 0 spiro atoms. The Morgan fingerprint density at radius 1 is 1.30 bits per heavy atom. The molecule has 5 nitrogen and oxygen atoms in total. The van der Waals surface area contributed by atoms with Crippen molar-refractivity contribution < 1.29 is 24.9 Å². The molecule has 1 heterocycles. The number of carboxylic acid groups (broad SMARTS) is 1. The summed E-state index contributed by atoms with van der Waals surface area (Å²) in [4.78, 5) is 10.7. The molecule has 27 heavy (non-hydrogen) atoms. The zero-order valence-electron chi connectivity index (χ0n) is 16.5. The normalized spacial score (nSPS) is 32.6. The fourth-order valence-electron chi connectivity index (χ4n) is 4.39. The van der Waals surface area contributed by atoms with Gasteiger partial charge in [-0.1, -0.05) is 31.2 Å². The number of aliphatic hydroxyl groups is 2. The summed E-state index contributed by atoms with van der Waals surface area (Å²) in [6.07, 6.45) is 14.3. The van der Waals surface area contributed by atoms with Gasteiger partial charge in [-0.3, -0.25) is 4.79 Å². The summed E-state index contributed by atoms with van der Waals surface area (Å²) < 4.78 is 6.08. The van der Waals surface area contributed by atoms with Crippen LogP contribution in [0.2, 0.25) is 0 Å². The Bertz CT molecular complexity index is 501. The number of allylic oxidation sites excluding steroid dienone is 2. The Kier molecular flexibility index (Phi) is 9.52. The quantitative estimate of drug-likeness (QED) is 0.503. The van der Waals surface area contributed by atoms with E-state index in [1.165, 1.54) is 0 Å². The Morgan fingerprint density at radius 2 is 2.11 bits per heavy atom. The summed E-state index contributed by atoms with van der Waals surface area (Å²) in [5.41, 5.74) is 0. The molecule has 1 aliphatic heterocycles. The van der Waals surface area contributed by atoms with Crippen molar-refractivity contribution in [2.75, 3.05) is 6.61 Å². The van der Waals surface area contributed by atoms with E-state index in [4.69, 9.17) is 9.84 Å². The standard InChI is InChI=1S/C22H36O5/c1-2-3-4-5-8-17(23)11-13-18-19-12-10-16(7-6-9-22(25)26)15-27-21(19)14-20(18)24/h3-4,11,13,16-21,23-24H,2,5-10,12,14-15H2,1H3,(H,25,26)/b4-3-,13-11+/t16-,17-,18+,19+,20+,21-/m0/s1. The lowest BCUT2D eigenvalue weighted by atomic mass is 9.86. The van der Waals surface area contributed by atoms with Gasteiger partial charge in [-0.05, 0) is 56.8 Å². The van der Waals surface area contributed by atoms with Gasteiger partial charge in [-0.2, -0.15) is 0 Å². The molecule has 6 atom stereocenters. The molecule has 2 aliphatic rings. The van der Waals surface area contributed by atoms with Crippen molar-refractivity contribution in [2.24, 2.45) is 17.8 Å². The largest absolute Gasteiger partial charge is 0.481 e. The molecule has 1 saturated heterocycles. The van der Waals surface area contributed by atoms with Gasteiger partial charge in [0.05, 0.1) is 18.3 Å². The molecule has 2 rings (SSSR count). The average Bonchev–Trinajstić information content (AvgIpc) is 2.79. The number of rotatable bonds is 10. The van der Waals surface area contributed by atoms with Crippen LogP contribution < -0.4 is 0 Å². The van der Waals surface area contributed by atoms with Crippen LogP contribution in [0.5, 0.6) is 0 Å². The molecule has 0 radical (unpaired) electrons. The molecule has 0 aromatic heterocycles. The zero-order valence-corrected chi connectivity index (χ0v) is 16.5. The number of carboxylic acids is 1. The van der Waals surface area contributed by atoms with Crippen LogP contribution in [-0.4, -0.2) is 46.2 Å². The summed E-state index contributed by atoms with van der Waals surface area (Å²) in [6.45, 7) is 2.76. The number of carbonyl (C=O) groups is 1. The highest BCUT2D eigenvalue weighted by Gasteiger charge is 2.43. The Morgan fingerprint density at radius 3 is 2.85 bits per heavy atom. The van der Waals surface area contributed by atoms with E-state index in [9.17, 15) is 15.0 Å². The van der Waals surface area contributed by atoms with Gasteiger partial charge in [-0.15, -0.1) is 0 Å². The predicted octanol–water partition coefficient (Wildman–Crippen LogP) is 3.70. The van der Waals surface area contributed by atoms with Gasteiger partial charge in [0.15, 0.2) is 0 Å². The fraction of sp³-hybridized carbons (Fsp3) is 0.773. The van der Waals surface area contributed by atoms with Gasteiger partial charge in [0.25, 0.3) is 0 Å². The number of ether oxygens (including phenoxy) is 1. The predicted molar refractivity (Wildman–Crippen MR) is 105 cm³/mol. The third kappa shape index (κ3) is 7.40. The van der Waals surface area contributed by atoms with Crippen LogP contribution in [-0.2, 0) is 9.53 Å². The lowest BCUT2D eigenvalue weighted by Crippen LogP contribution is -2.21. The molecular formula is C22H36O5. The minimum atomic E-state index is -0.738. The Balaban J connectivity index is 1.83. The van der Waals surface area contributed by atoms with E-state index in [1.807, 2.05) is 12.2 Å². The highest BCUT2D eigenvalue weighted by atomic mass is 16.5. The van der Waals surface area contributed by atoms with Crippen LogP contribution in [0.25, 0.3) is 0 Å². The van der Waals surface area contributed by atoms with E-state index in [0.717, 1.165) is 32.1 Å². The third-order valence-corrected chi connectivity index (χ3v) is 5.93. The molecule has 2 fully saturated rings. The maximum atomic E-state index is 10.7. The maximum Gasteiger partial charge on any atom is 0.303 e. The highest BCUT2D eigenvalue weighted by Crippen LogP contribution is 2.42. The number of aliphatic carboxylic acids is 1. The number of hydrogen-bond donors (Lipinski definition) is 3. The van der Waals surface area contributed by atoms with Gasteiger partial charge < -0.3 is 20.1 Å². The lowest BCUT2D eigenvalue weighted by molar-refractivity contribution is -0.137. The second-order valence-electron chi connectivity index (χ2n) is 8.05. The Labute approximate surface area is 163 Å². The van der Waals surface area contributed by atoms with Crippen LogP contribution in [0.1, 0.15) is 64.7 Å². The highest BCUT2D eigenvalue weighted by molar-refractivity contribution is 5.66. The second kappa shape index (κ2) is 11.6. The van der Waals surface area contributed by atoms with E-state index in [2.05, 4.69) is 19.1 Å². The van der Waals surface area contributed by atoms with Crippen molar-refractivity contribution in [2.45, 2.75) is 83.0 Å². The van der Waals surface area contributed by atoms with Gasteiger partial charge in [-0.25, -0.2) is 0 Å². The second-order valence-corrected chi connectivity index (χ2v) is 8.05. The van der Waals surface area contributed by atoms with Gasteiger partial charge in [0, 0.05) is 25.4 Å². The maximum absolute atomic E-state index is 10.7. The van der Waals surface area contributed by atoms with Crippen molar-refractivity contribution >= 4 is 5.97 Å². The summed E-state index contributed by atoms with van der Waals surface area (Å²) in [5, 5.41) is 29.4. The first-order valence-corrected chi connectivity index (χ1v) is 10.5. The van der Waals surface area contributed by atoms with Crippen molar-refractivity contribution in [1.82, 2.24) is 0 Å². The summed E-state index contributed by atoms with van der Waals surface area (Å²) >= 11 is 0. The van der Waals surface area contributed by atoms with Crippen LogP contribution >= 0.6 is 0 Å². The molecule has 0 bridgehead atoms. The number of hydrogen-bond acceptors (Lipinski definition) is 4. The first-order valence-electron chi connectivity index (χ1n) is 10.5. The first kappa shape index (κ1) is 22.1. The average molecular weight is 381 g/mol. The molecule has 0 aromatic rings. The molecule has 0 unspecified atom stereocenters. The van der Waals surface area contributed by atoms with Crippen LogP contribution in [0.15, 0.2) is 24.3 Å². The molecule has 1 aliphatic carbocycles. The molecule has 0 amide bonds. The minimum absolute atomic E-state index is 0.0357. The summed E-state index contributed by atoms with van der Waals surface area (Å²) in [5.74, 6) is -0.00680. The van der Waals surface area contributed by atoms with E-state index < -0.39 is 18.2 Å². The minimum Gasteiger partial charge on any atom is -0.481 e. The first-order chi connectivity index (χ1) is 13.0. The topological polar surface area (TPSA) is 87.0 Å². The molecule has 3 N–H and O–H groups in total. The summed E-state index contributed by atoms with van der Waals surface area (Å²) in [6, 6.07) is 0. The van der Waals surface area contributed by atoms with E-state index >= 15 is 0 Å². The monoisotopic (exact) mass is 380 g/mol. The molecule has 154 valence electrons. The SMILES string of the molecule is CC/C=C\CC[C@H](O)/C=C/[C@@H]1[C@H]2CC[C@H](CCCC(=O)O)CO[C@H]2C[C@H]1O. The van der Waals surface area contributed by atoms with Crippen molar-refractivity contribution in [1.29, 1.82) is 0 Å². The van der Waals surface area contributed by atoms with Crippen molar-refractivity contribution in [3.05, 3.63) is 24.3 Å². The summed E-state index contributed by atoms with van der Waals surface area (Å²) in [7, 11) is 0. The van der Waals surface area contributed by atoms with E-state index in [-0.39, 0.29) is 24.4 Å². The number of aliphatic hydroxyl groups excluding tert-OH is 2. The zero-order chi connectivity index (χ0) is 19.6. The van der Waals surface area contributed by atoms with E-state index in [0.29, 0.717) is 31.8 Å². The molecule has 1 saturated carbocycles. The molecular weight excluding hydrogens is 344 g/mol.